The Bertz CT molecular complexity index is 1270. The molecule has 3 aliphatic rings. The molecule has 4 heterocycles. The third-order valence-corrected chi connectivity index (χ3v) is 7.47. The van der Waals surface area contributed by atoms with Crippen molar-refractivity contribution < 1.29 is 14.3 Å². The monoisotopic (exact) mass is 477 g/mol. The van der Waals surface area contributed by atoms with Gasteiger partial charge in [-0.05, 0) is 42.7 Å². The van der Waals surface area contributed by atoms with E-state index in [2.05, 4.69) is 20.9 Å². The highest BCUT2D eigenvalue weighted by atomic mass is 16.7. The number of amides is 1. The highest BCUT2D eigenvalue weighted by molar-refractivity contribution is 5.78. The molecule has 6 rings (SSSR count). The summed E-state index contributed by atoms with van der Waals surface area (Å²) in [6.45, 7) is 6.49. The van der Waals surface area contributed by atoms with Gasteiger partial charge in [-0.3, -0.25) is 19.2 Å². The number of fused-ring (bicyclic) bond motifs is 2. The number of benzene rings is 2. The Balaban J connectivity index is 0.980. The van der Waals surface area contributed by atoms with Crippen LogP contribution in [0, 0.1) is 0 Å². The molecular formula is C26H31N5O4. The van der Waals surface area contributed by atoms with E-state index in [4.69, 9.17) is 9.47 Å². The maximum absolute atomic E-state index is 13.0. The van der Waals surface area contributed by atoms with Crippen LogP contribution in [0.5, 0.6) is 11.5 Å². The summed E-state index contributed by atoms with van der Waals surface area (Å²) in [5, 5.41) is 0. The molecule has 3 aromatic rings. The average molecular weight is 478 g/mol. The minimum atomic E-state index is -0.0423. The molecular weight excluding hydrogens is 446 g/mol. The number of ether oxygens (including phenoxy) is 2. The largest absolute Gasteiger partial charge is 0.454 e. The van der Waals surface area contributed by atoms with Crippen molar-refractivity contribution in [1.82, 2.24) is 24.3 Å². The van der Waals surface area contributed by atoms with Gasteiger partial charge in [0.1, 0.15) is 0 Å². The molecule has 0 bridgehead atoms. The summed E-state index contributed by atoms with van der Waals surface area (Å²) in [5.41, 5.74) is 3.00. The van der Waals surface area contributed by atoms with Gasteiger partial charge in [-0.15, -0.1) is 0 Å². The van der Waals surface area contributed by atoms with Crippen LogP contribution < -0.4 is 15.2 Å². The summed E-state index contributed by atoms with van der Waals surface area (Å²) in [6.07, 6.45) is 1.75. The molecule has 0 radical (unpaired) electrons. The fraction of sp³-hybridized carbons (Fsp3) is 0.462. The van der Waals surface area contributed by atoms with Crippen molar-refractivity contribution in [2.45, 2.75) is 25.4 Å². The Hall–Kier alpha value is -3.30. The van der Waals surface area contributed by atoms with E-state index >= 15 is 0 Å². The highest BCUT2D eigenvalue weighted by Gasteiger charge is 2.27. The first-order valence-corrected chi connectivity index (χ1v) is 12.4. The Morgan fingerprint density at radius 3 is 2.51 bits per heavy atom. The number of imidazole rings is 1. The number of para-hydroxylation sites is 2. The zero-order valence-corrected chi connectivity index (χ0v) is 19.8. The van der Waals surface area contributed by atoms with Crippen LogP contribution in [0.1, 0.15) is 24.4 Å². The number of nitrogens with zero attached hydrogens (tertiary/aromatic N) is 4. The number of likely N-dealkylation sites (tertiary alicyclic amines) is 1. The van der Waals surface area contributed by atoms with Gasteiger partial charge in [0.05, 0.1) is 17.6 Å². The molecule has 1 N–H and O–H groups in total. The van der Waals surface area contributed by atoms with Crippen molar-refractivity contribution in [2.24, 2.45) is 0 Å². The summed E-state index contributed by atoms with van der Waals surface area (Å²) in [7, 11) is 0. The van der Waals surface area contributed by atoms with Gasteiger partial charge in [-0.1, -0.05) is 18.2 Å². The predicted octanol–water partition coefficient (Wildman–Crippen LogP) is 2.04. The second-order valence-electron chi connectivity index (χ2n) is 9.67. The number of piperazine rings is 1. The van der Waals surface area contributed by atoms with Gasteiger partial charge in [0, 0.05) is 51.9 Å². The second-order valence-corrected chi connectivity index (χ2v) is 9.67. The first kappa shape index (κ1) is 22.2. The van der Waals surface area contributed by atoms with Crippen LogP contribution in [0.15, 0.2) is 47.3 Å². The van der Waals surface area contributed by atoms with Crippen molar-refractivity contribution >= 4 is 16.9 Å². The number of hydrogen-bond acceptors (Lipinski definition) is 6. The summed E-state index contributed by atoms with van der Waals surface area (Å²) in [5.74, 6) is 1.83. The van der Waals surface area contributed by atoms with Crippen LogP contribution in [-0.2, 0) is 11.3 Å². The number of carbonyl (C=O) groups excluding carboxylic acids is 1. The van der Waals surface area contributed by atoms with Gasteiger partial charge in [0.2, 0.25) is 12.7 Å². The van der Waals surface area contributed by atoms with Crippen molar-refractivity contribution in [1.29, 1.82) is 0 Å². The van der Waals surface area contributed by atoms with E-state index < -0.39 is 0 Å². The third kappa shape index (κ3) is 4.53. The second kappa shape index (κ2) is 9.39. The van der Waals surface area contributed by atoms with Crippen molar-refractivity contribution in [2.75, 3.05) is 52.6 Å². The Kier molecular flexibility index (Phi) is 5.95. The molecule has 0 atom stereocenters. The predicted molar refractivity (Wildman–Crippen MR) is 132 cm³/mol. The number of rotatable bonds is 5. The number of nitrogens with one attached hydrogen (secondary N) is 1. The summed E-state index contributed by atoms with van der Waals surface area (Å²) < 4.78 is 12.8. The number of carbonyl (C=O) groups is 1. The Morgan fingerprint density at radius 1 is 0.914 bits per heavy atom. The molecule has 1 aromatic heterocycles. The molecule has 0 aliphatic carbocycles. The van der Waals surface area contributed by atoms with Gasteiger partial charge >= 0.3 is 5.69 Å². The molecule has 2 fully saturated rings. The van der Waals surface area contributed by atoms with Crippen LogP contribution in [0.4, 0.5) is 0 Å². The van der Waals surface area contributed by atoms with E-state index in [1.807, 2.05) is 45.9 Å². The fourth-order valence-electron chi connectivity index (χ4n) is 5.52. The lowest BCUT2D eigenvalue weighted by Gasteiger charge is -2.37. The van der Waals surface area contributed by atoms with Gasteiger partial charge < -0.3 is 19.4 Å². The molecule has 184 valence electrons. The average Bonchev–Trinajstić information content (AvgIpc) is 3.48. The van der Waals surface area contributed by atoms with Gasteiger partial charge in [0.25, 0.3) is 0 Å². The topological polar surface area (TPSA) is 83.0 Å². The number of aromatic amines is 1. The van der Waals surface area contributed by atoms with Gasteiger partial charge in [0.15, 0.2) is 11.5 Å². The lowest BCUT2D eigenvalue weighted by molar-refractivity contribution is -0.134. The zero-order valence-electron chi connectivity index (χ0n) is 19.8. The van der Waals surface area contributed by atoms with Gasteiger partial charge in [-0.2, -0.15) is 0 Å². The quantitative estimate of drug-likeness (QED) is 0.606. The zero-order chi connectivity index (χ0) is 23.8. The molecule has 1 amide bonds. The van der Waals surface area contributed by atoms with E-state index in [0.29, 0.717) is 13.3 Å². The molecule has 9 nitrogen and oxygen atoms in total. The summed E-state index contributed by atoms with van der Waals surface area (Å²) >= 11 is 0. The third-order valence-electron chi connectivity index (χ3n) is 7.47. The minimum Gasteiger partial charge on any atom is -0.454 e. The van der Waals surface area contributed by atoms with E-state index in [1.165, 1.54) is 5.56 Å². The van der Waals surface area contributed by atoms with Crippen LogP contribution >= 0.6 is 0 Å². The maximum atomic E-state index is 13.0. The first-order chi connectivity index (χ1) is 17.1. The maximum Gasteiger partial charge on any atom is 0.326 e. The van der Waals surface area contributed by atoms with Crippen LogP contribution in [0.25, 0.3) is 11.0 Å². The molecule has 0 saturated carbocycles. The SMILES string of the molecule is O=C(CN1CCC(n2c(=O)[nH]c3ccccc32)CC1)N1CCN(Cc2ccc3c(c2)OCO3)CC1. The molecule has 2 aromatic carbocycles. The fourth-order valence-corrected chi connectivity index (χ4v) is 5.52. The lowest BCUT2D eigenvalue weighted by Crippen LogP contribution is -2.51. The van der Waals surface area contributed by atoms with E-state index in [1.54, 1.807) is 0 Å². The van der Waals surface area contributed by atoms with Crippen LogP contribution in [0.2, 0.25) is 0 Å². The van der Waals surface area contributed by atoms with Crippen LogP contribution in [0.3, 0.4) is 0 Å². The van der Waals surface area contributed by atoms with Crippen molar-refractivity contribution in [3.05, 3.63) is 58.5 Å². The lowest BCUT2D eigenvalue weighted by atomic mass is 10.0. The van der Waals surface area contributed by atoms with Crippen molar-refractivity contribution in [3.8, 4) is 11.5 Å². The molecule has 9 heteroatoms. The Labute approximate surface area is 203 Å². The Morgan fingerprint density at radius 2 is 1.69 bits per heavy atom. The molecule has 2 saturated heterocycles. The highest BCUT2D eigenvalue weighted by Crippen LogP contribution is 2.33. The first-order valence-electron chi connectivity index (χ1n) is 12.4. The minimum absolute atomic E-state index is 0.0423. The van der Waals surface area contributed by atoms with E-state index in [0.717, 1.165) is 81.2 Å². The number of piperidine rings is 1. The molecule has 35 heavy (non-hydrogen) atoms. The van der Waals surface area contributed by atoms with Gasteiger partial charge in [-0.25, -0.2) is 4.79 Å². The van der Waals surface area contributed by atoms with E-state index in [-0.39, 0.29) is 17.6 Å². The van der Waals surface area contributed by atoms with Crippen molar-refractivity contribution in [3.63, 3.8) is 0 Å². The normalized spacial score (nSPS) is 19.5. The number of aromatic nitrogens is 2. The molecule has 0 spiro atoms. The number of hydrogen-bond donors (Lipinski definition) is 1. The summed E-state index contributed by atoms with van der Waals surface area (Å²) in [4.78, 5) is 35.1. The van der Waals surface area contributed by atoms with Crippen LogP contribution in [-0.4, -0.2) is 82.8 Å². The smallest absolute Gasteiger partial charge is 0.326 e. The van der Waals surface area contributed by atoms with E-state index in [9.17, 15) is 9.59 Å². The standard InChI is InChI=1S/C26H31N5O4/c32-25(30-13-11-29(12-14-30)16-19-5-6-23-24(15-19)35-18-34-23)17-28-9-7-20(8-10-28)31-22-4-2-1-3-21(22)27-26(31)33/h1-6,15,20H,7-14,16-18H2,(H,27,33). The molecule has 3 aliphatic heterocycles. The summed E-state index contributed by atoms with van der Waals surface area (Å²) in [6, 6.07) is 14.1. The number of H-pyrrole nitrogens is 1. The molecule has 0 unspecified atom stereocenters.